The van der Waals surface area contributed by atoms with Crippen molar-refractivity contribution < 1.29 is 9.90 Å². The second-order valence-corrected chi connectivity index (χ2v) is 5.38. The number of nitrogens with zero attached hydrogens (tertiary/aromatic N) is 1. The van der Waals surface area contributed by atoms with Gasteiger partial charge in [0.05, 0.1) is 0 Å². The highest BCUT2D eigenvalue weighted by atomic mass is 16.4. The van der Waals surface area contributed by atoms with Crippen LogP contribution in [0.15, 0.2) is 18.2 Å². The fourth-order valence-corrected chi connectivity index (χ4v) is 2.81. The maximum atomic E-state index is 11.3. The van der Waals surface area contributed by atoms with E-state index in [1.807, 2.05) is 13.0 Å². The normalized spacial score (nSPS) is 24.4. The summed E-state index contributed by atoms with van der Waals surface area (Å²) in [4.78, 5) is 13.4. The number of carbonyl (C=O) groups is 1. The number of likely N-dealkylation sites (tertiary alicyclic amines) is 1. The minimum atomic E-state index is -0.690. The third kappa shape index (κ3) is 2.41. The van der Waals surface area contributed by atoms with Crippen LogP contribution in [0.3, 0.4) is 0 Å². The van der Waals surface area contributed by atoms with Crippen LogP contribution in [-0.4, -0.2) is 28.6 Å². The van der Waals surface area contributed by atoms with Crippen molar-refractivity contribution in [1.82, 2.24) is 4.90 Å². The molecular formula is C15H21NO2. The van der Waals surface area contributed by atoms with Gasteiger partial charge in [-0.05, 0) is 49.4 Å². The van der Waals surface area contributed by atoms with E-state index in [-0.39, 0.29) is 12.0 Å². The third-order valence-corrected chi connectivity index (χ3v) is 4.15. The zero-order chi connectivity index (χ0) is 13.3. The zero-order valence-electron chi connectivity index (χ0n) is 11.3. The van der Waals surface area contributed by atoms with Gasteiger partial charge in [0.15, 0.2) is 0 Å². The van der Waals surface area contributed by atoms with Crippen LogP contribution in [0.2, 0.25) is 0 Å². The van der Waals surface area contributed by atoms with Gasteiger partial charge in [0.1, 0.15) is 6.04 Å². The number of carboxylic acids is 1. The first kappa shape index (κ1) is 13.1. The topological polar surface area (TPSA) is 40.5 Å². The van der Waals surface area contributed by atoms with Gasteiger partial charge in [-0.1, -0.05) is 25.1 Å². The molecule has 1 saturated heterocycles. The van der Waals surface area contributed by atoms with E-state index < -0.39 is 5.97 Å². The molecular weight excluding hydrogens is 226 g/mol. The molecule has 1 fully saturated rings. The standard InChI is InChI=1S/C15H21NO2/c1-10-5-4-6-13(12(10)3)9-16-8-7-11(2)14(16)15(17)18/h4-6,11,14H,7-9H2,1-3H3,(H,17,18). The lowest BCUT2D eigenvalue weighted by Crippen LogP contribution is -2.38. The number of aliphatic carboxylic acids is 1. The second-order valence-electron chi connectivity index (χ2n) is 5.38. The van der Waals surface area contributed by atoms with Crippen LogP contribution in [-0.2, 0) is 11.3 Å². The van der Waals surface area contributed by atoms with Crippen molar-refractivity contribution in [3.63, 3.8) is 0 Å². The van der Waals surface area contributed by atoms with Crippen molar-refractivity contribution in [3.8, 4) is 0 Å². The van der Waals surface area contributed by atoms with Crippen LogP contribution in [0.5, 0.6) is 0 Å². The number of hydrogen-bond donors (Lipinski definition) is 1. The number of carboxylic acid groups (broad SMARTS) is 1. The van der Waals surface area contributed by atoms with E-state index in [4.69, 9.17) is 0 Å². The quantitative estimate of drug-likeness (QED) is 0.892. The maximum absolute atomic E-state index is 11.3. The Kier molecular flexibility index (Phi) is 3.71. The summed E-state index contributed by atoms with van der Waals surface area (Å²) in [6.07, 6.45) is 0.974. The van der Waals surface area contributed by atoms with Crippen LogP contribution < -0.4 is 0 Å². The molecule has 2 unspecified atom stereocenters. The highest BCUT2D eigenvalue weighted by Crippen LogP contribution is 2.27. The molecule has 1 heterocycles. The number of hydrogen-bond acceptors (Lipinski definition) is 2. The Morgan fingerprint density at radius 2 is 2.17 bits per heavy atom. The van der Waals surface area contributed by atoms with E-state index in [2.05, 4.69) is 30.9 Å². The number of rotatable bonds is 3. The number of aryl methyl sites for hydroxylation is 1. The summed E-state index contributed by atoms with van der Waals surface area (Å²) in [7, 11) is 0. The van der Waals surface area contributed by atoms with Gasteiger partial charge in [-0.15, -0.1) is 0 Å². The zero-order valence-corrected chi connectivity index (χ0v) is 11.3. The molecule has 98 valence electrons. The van der Waals surface area contributed by atoms with Gasteiger partial charge < -0.3 is 5.11 Å². The molecule has 1 aromatic carbocycles. The first-order valence-electron chi connectivity index (χ1n) is 6.52. The molecule has 0 spiro atoms. The van der Waals surface area contributed by atoms with Gasteiger partial charge in [-0.25, -0.2) is 0 Å². The minimum absolute atomic E-state index is 0.243. The van der Waals surface area contributed by atoms with E-state index in [0.717, 1.165) is 19.5 Å². The summed E-state index contributed by atoms with van der Waals surface area (Å²) in [6, 6.07) is 5.92. The molecule has 0 radical (unpaired) electrons. The van der Waals surface area contributed by atoms with Crippen LogP contribution >= 0.6 is 0 Å². The molecule has 0 saturated carbocycles. The molecule has 1 aliphatic rings. The van der Waals surface area contributed by atoms with E-state index >= 15 is 0 Å². The molecule has 2 rings (SSSR count). The molecule has 0 amide bonds. The Morgan fingerprint density at radius 1 is 1.44 bits per heavy atom. The molecule has 1 N–H and O–H groups in total. The molecule has 0 aliphatic carbocycles. The Bertz CT molecular complexity index is 456. The summed E-state index contributed by atoms with van der Waals surface area (Å²) >= 11 is 0. The predicted octanol–water partition coefficient (Wildman–Crippen LogP) is 2.60. The third-order valence-electron chi connectivity index (χ3n) is 4.15. The summed E-state index contributed by atoms with van der Waals surface area (Å²) in [5, 5.41) is 9.31. The van der Waals surface area contributed by atoms with Gasteiger partial charge in [-0.2, -0.15) is 0 Å². The molecule has 1 aliphatic heterocycles. The Balaban J connectivity index is 2.18. The molecule has 3 nitrogen and oxygen atoms in total. The molecule has 3 heteroatoms. The highest BCUT2D eigenvalue weighted by molar-refractivity contribution is 5.74. The van der Waals surface area contributed by atoms with Crippen molar-refractivity contribution in [2.24, 2.45) is 5.92 Å². The smallest absolute Gasteiger partial charge is 0.321 e. The van der Waals surface area contributed by atoms with Gasteiger partial charge in [0.25, 0.3) is 0 Å². The fraction of sp³-hybridized carbons (Fsp3) is 0.533. The van der Waals surface area contributed by atoms with Crippen molar-refractivity contribution in [2.45, 2.75) is 39.8 Å². The van der Waals surface area contributed by atoms with Crippen molar-refractivity contribution >= 4 is 5.97 Å². The second kappa shape index (κ2) is 5.11. The summed E-state index contributed by atoms with van der Waals surface area (Å²) < 4.78 is 0. The van der Waals surface area contributed by atoms with Gasteiger partial charge in [0, 0.05) is 6.54 Å². The van der Waals surface area contributed by atoms with Crippen molar-refractivity contribution in [1.29, 1.82) is 0 Å². The molecule has 1 aromatic rings. The Labute approximate surface area is 108 Å². The predicted molar refractivity (Wildman–Crippen MR) is 71.5 cm³/mol. The van der Waals surface area contributed by atoms with Gasteiger partial charge in [-0.3, -0.25) is 9.69 Å². The number of benzene rings is 1. The monoisotopic (exact) mass is 247 g/mol. The fourth-order valence-electron chi connectivity index (χ4n) is 2.81. The SMILES string of the molecule is Cc1cccc(CN2CCC(C)C2C(=O)O)c1C. The van der Waals surface area contributed by atoms with Crippen molar-refractivity contribution in [3.05, 3.63) is 34.9 Å². The van der Waals surface area contributed by atoms with Crippen LogP contribution in [0, 0.1) is 19.8 Å². The Hall–Kier alpha value is -1.35. The molecule has 18 heavy (non-hydrogen) atoms. The molecule has 0 aromatic heterocycles. The van der Waals surface area contributed by atoms with Crippen LogP contribution in [0.4, 0.5) is 0 Å². The summed E-state index contributed by atoms with van der Waals surface area (Å²) in [5.74, 6) is -0.446. The van der Waals surface area contributed by atoms with E-state index in [1.165, 1.54) is 16.7 Å². The maximum Gasteiger partial charge on any atom is 0.321 e. The molecule has 2 atom stereocenters. The first-order valence-corrected chi connectivity index (χ1v) is 6.52. The van der Waals surface area contributed by atoms with E-state index in [0.29, 0.717) is 0 Å². The lowest BCUT2D eigenvalue weighted by molar-refractivity contribution is -0.143. The van der Waals surface area contributed by atoms with Crippen LogP contribution in [0.25, 0.3) is 0 Å². The lowest BCUT2D eigenvalue weighted by Gasteiger charge is -2.24. The molecule has 0 bridgehead atoms. The van der Waals surface area contributed by atoms with Crippen LogP contribution in [0.1, 0.15) is 30.0 Å². The average molecular weight is 247 g/mol. The van der Waals surface area contributed by atoms with Crippen molar-refractivity contribution in [2.75, 3.05) is 6.54 Å². The lowest BCUT2D eigenvalue weighted by atomic mass is 10.0. The summed E-state index contributed by atoms with van der Waals surface area (Å²) in [5.41, 5.74) is 3.79. The largest absolute Gasteiger partial charge is 0.480 e. The highest BCUT2D eigenvalue weighted by Gasteiger charge is 2.36. The summed E-state index contributed by atoms with van der Waals surface area (Å²) in [6.45, 7) is 7.86. The van der Waals surface area contributed by atoms with E-state index in [9.17, 15) is 9.90 Å². The average Bonchev–Trinajstić information content (AvgIpc) is 2.66. The van der Waals surface area contributed by atoms with Gasteiger partial charge in [0.2, 0.25) is 0 Å². The van der Waals surface area contributed by atoms with Gasteiger partial charge >= 0.3 is 5.97 Å². The first-order chi connectivity index (χ1) is 8.50. The van der Waals surface area contributed by atoms with E-state index in [1.54, 1.807) is 0 Å². The Morgan fingerprint density at radius 3 is 2.83 bits per heavy atom. The minimum Gasteiger partial charge on any atom is -0.480 e.